The van der Waals surface area contributed by atoms with Gasteiger partial charge in [-0.15, -0.1) is 0 Å². The van der Waals surface area contributed by atoms with Gasteiger partial charge in [0.2, 0.25) is 0 Å². The van der Waals surface area contributed by atoms with E-state index in [4.69, 9.17) is 16.2 Å². The van der Waals surface area contributed by atoms with Crippen LogP contribution in [-0.2, 0) is 0 Å². The summed E-state index contributed by atoms with van der Waals surface area (Å²) in [5.74, 6) is 0.187. The number of aliphatic imine (C=N–C) groups is 1. The zero-order chi connectivity index (χ0) is 19.1. The van der Waals surface area contributed by atoms with Crippen molar-refractivity contribution in [3.05, 3.63) is 35.9 Å². The molecule has 0 aliphatic heterocycles. The number of hydrogen-bond donors (Lipinski definition) is 3. The fraction of sp³-hybridized carbons (Fsp3) is 0.250. The smallest absolute Gasteiger partial charge is 0.297 e. The molecule has 0 fully saturated rings. The quantitative estimate of drug-likeness (QED) is 0.646. The van der Waals surface area contributed by atoms with Crippen LogP contribution in [0.4, 0.5) is 26.2 Å². The summed E-state index contributed by atoms with van der Waals surface area (Å²) < 4.78 is 31.2. The molecule has 0 saturated heterocycles. The predicted molar refractivity (Wildman–Crippen MR) is 96.7 cm³/mol. The maximum atomic E-state index is 12.8. The number of aromatic nitrogens is 3. The van der Waals surface area contributed by atoms with E-state index in [-0.39, 0.29) is 11.6 Å². The zero-order valence-electron chi connectivity index (χ0n) is 14.3. The number of nitrogens with two attached hydrogens (primary N) is 2. The number of nitrogens with one attached hydrogen (secondary N) is 1. The van der Waals surface area contributed by atoms with Gasteiger partial charge in [-0.1, -0.05) is 0 Å². The molecule has 2 heterocycles. The van der Waals surface area contributed by atoms with E-state index in [9.17, 15) is 8.78 Å². The molecule has 0 aliphatic carbocycles. The van der Waals surface area contributed by atoms with Crippen molar-refractivity contribution in [2.45, 2.75) is 13.3 Å². The van der Waals surface area contributed by atoms with Crippen LogP contribution in [0.2, 0.25) is 0 Å². The molecule has 0 atom stereocenters. The Bertz CT molecular complexity index is 824. The lowest BCUT2D eigenvalue weighted by Gasteiger charge is -2.13. The molecule has 0 amide bonds. The third-order valence-corrected chi connectivity index (χ3v) is 3.14. The SMILES string of the molecule is CCOc1cc(Nc2cc(N)nc(C(F)F)n2)ncc1/C(C=NC)=C/N. The standard InChI is InChI=1S/C16H19F2N7O/c1-3-26-11-4-13(22-8-10(11)9(6-19)7-21-2)24-14-5-12(20)23-16(25-14)15(17)18/h4-8,15H,3,19H2,1-2H3,(H3,20,22,23,24,25)/b9-6+,21-7?. The van der Waals surface area contributed by atoms with Crippen LogP contribution in [-0.4, -0.2) is 34.8 Å². The lowest BCUT2D eigenvalue weighted by Crippen LogP contribution is -2.06. The number of ether oxygens (including phenoxy) is 1. The minimum absolute atomic E-state index is 0.0769. The Morgan fingerprint density at radius 1 is 1.35 bits per heavy atom. The van der Waals surface area contributed by atoms with Crippen molar-refractivity contribution in [3.8, 4) is 5.75 Å². The fourth-order valence-corrected chi connectivity index (χ4v) is 2.12. The molecule has 5 N–H and O–H groups in total. The molecule has 0 radical (unpaired) electrons. The number of pyridine rings is 1. The normalized spacial score (nSPS) is 12.0. The summed E-state index contributed by atoms with van der Waals surface area (Å²) in [5.41, 5.74) is 12.4. The van der Waals surface area contributed by atoms with Crippen LogP contribution in [0.15, 0.2) is 29.5 Å². The average molecular weight is 363 g/mol. The molecule has 0 aromatic carbocycles. The largest absolute Gasteiger partial charge is 0.493 e. The van der Waals surface area contributed by atoms with Gasteiger partial charge in [-0.3, -0.25) is 4.99 Å². The van der Waals surface area contributed by atoms with Crippen molar-refractivity contribution in [2.24, 2.45) is 10.7 Å². The van der Waals surface area contributed by atoms with Crippen LogP contribution < -0.4 is 21.5 Å². The summed E-state index contributed by atoms with van der Waals surface area (Å²) >= 11 is 0. The Balaban J connectivity index is 2.38. The Morgan fingerprint density at radius 3 is 2.73 bits per heavy atom. The van der Waals surface area contributed by atoms with Crippen molar-refractivity contribution in [3.63, 3.8) is 0 Å². The molecule has 8 nitrogen and oxygen atoms in total. The van der Waals surface area contributed by atoms with Crippen molar-refractivity contribution in [1.82, 2.24) is 15.0 Å². The van der Waals surface area contributed by atoms with Gasteiger partial charge in [0.1, 0.15) is 23.2 Å². The van der Waals surface area contributed by atoms with E-state index < -0.39 is 12.2 Å². The first kappa shape index (κ1) is 19.0. The Morgan fingerprint density at radius 2 is 2.12 bits per heavy atom. The van der Waals surface area contributed by atoms with Gasteiger partial charge >= 0.3 is 0 Å². The minimum Gasteiger partial charge on any atom is -0.493 e. The topological polar surface area (TPSA) is 124 Å². The number of alkyl halides is 2. The lowest BCUT2D eigenvalue weighted by atomic mass is 10.1. The molecule has 0 bridgehead atoms. The fourth-order valence-electron chi connectivity index (χ4n) is 2.12. The van der Waals surface area contributed by atoms with Gasteiger partial charge in [-0.2, -0.15) is 0 Å². The van der Waals surface area contributed by atoms with Crippen molar-refractivity contribution in [1.29, 1.82) is 0 Å². The van der Waals surface area contributed by atoms with Gasteiger partial charge < -0.3 is 21.5 Å². The zero-order valence-corrected chi connectivity index (χ0v) is 14.3. The number of hydrogen-bond acceptors (Lipinski definition) is 8. The highest BCUT2D eigenvalue weighted by molar-refractivity contribution is 6.10. The second-order valence-electron chi connectivity index (χ2n) is 4.97. The van der Waals surface area contributed by atoms with E-state index in [1.807, 2.05) is 6.92 Å². The van der Waals surface area contributed by atoms with Gasteiger partial charge in [0, 0.05) is 48.9 Å². The van der Waals surface area contributed by atoms with Crippen molar-refractivity contribution in [2.75, 3.05) is 24.7 Å². The van der Waals surface area contributed by atoms with Gasteiger partial charge in [0.15, 0.2) is 5.82 Å². The van der Waals surface area contributed by atoms with Crippen LogP contribution in [0, 0.1) is 0 Å². The summed E-state index contributed by atoms with van der Waals surface area (Å²) in [6.45, 7) is 2.24. The molecule has 0 aliphatic rings. The van der Waals surface area contributed by atoms with Crippen molar-refractivity contribution < 1.29 is 13.5 Å². The first-order valence-corrected chi connectivity index (χ1v) is 7.65. The summed E-state index contributed by atoms with van der Waals surface area (Å²) in [7, 11) is 1.62. The van der Waals surface area contributed by atoms with Crippen molar-refractivity contribution >= 4 is 29.2 Å². The summed E-state index contributed by atoms with van der Waals surface area (Å²) in [6.07, 6.45) is 1.66. The Labute approximate surface area is 149 Å². The third kappa shape index (κ3) is 4.62. The molecule has 0 unspecified atom stereocenters. The number of anilines is 3. The third-order valence-electron chi connectivity index (χ3n) is 3.14. The van der Waals surface area contributed by atoms with Gasteiger partial charge in [-0.05, 0) is 6.92 Å². The molecule has 0 saturated carbocycles. The summed E-state index contributed by atoms with van der Waals surface area (Å²) in [5, 5.41) is 2.82. The molecule has 2 rings (SSSR count). The van der Waals surface area contributed by atoms with Crippen LogP contribution >= 0.6 is 0 Å². The van der Waals surface area contributed by atoms with E-state index in [1.54, 1.807) is 19.3 Å². The van der Waals surface area contributed by atoms with E-state index in [1.165, 1.54) is 18.5 Å². The molecule has 0 spiro atoms. The van der Waals surface area contributed by atoms with Gasteiger partial charge in [0.25, 0.3) is 6.43 Å². The maximum Gasteiger partial charge on any atom is 0.297 e. The molecule has 138 valence electrons. The number of nitrogens with zero attached hydrogens (tertiary/aromatic N) is 4. The monoisotopic (exact) mass is 363 g/mol. The van der Waals surface area contributed by atoms with E-state index >= 15 is 0 Å². The highest BCUT2D eigenvalue weighted by Crippen LogP contribution is 2.28. The Kier molecular flexibility index (Phi) is 6.36. The number of nitrogen functional groups attached to an aromatic ring is 1. The molecule has 2 aromatic heterocycles. The van der Waals surface area contributed by atoms with E-state index in [0.717, 1.165) is 0 Å². The molecule has 26 heavy (non-hydrogen) atoms. The summed E-state index contributed by atoms with van der Waals surface area (Å²) in [6, 6.07) is 2.93. The first-order valence-electron chi connectivity index (χ1n) is 7.65. The molecular formula is C16H19F2N7O. The predicted octanol–water partition coefficient (Wildman–Crippen LogP) is 2.53. The van der Waals surface area contributed by atoms with Crippen LogP contribution in [0.25, 0.3) is 5.57 Å². The van der Waals surface area contributed by atoms with Crippen LogP contribution in [0.5, 0.6) is 5.75 Å². The number of rotatable bonds is 7. The Hall–Kier alpha value is -3.30. The van der Waals surface area contributed by atoms with Crippen LogP contribution in [0.3, 0.4) is 0 Å². The second-order valence-corrected chi connectivity index (χ2v) is 4.97. The molecule has 2 aromatic rings. The number of allylic oxidation sites excluding steroid dienone is 1. The summed E-state index contributed by atoms with van der Waals surface area (Å²) in [4.78, 5) is 15.4. The molecular weight excluding hydrogens is 344 g/mol. The highest BCUT2D eigenvalue weighted by Gasteiger charge is 2.14. The first-order chi connectivity index (χ1) is 12.5. The maximum absolute atomic E-state index is 12.8. The average Bonchev–Trinajstić information content (AvgIpc) is 2.60. The molecule has 10 heteroatoms. The van der Waals surface area contributed by atoms with E-state index in [2.05, 4.69) is 25.3 Å². The minimum atomic E-state index is -2.83. The van der Waals surface area contributed by atoms with Gasteiger partial charge in [-0.25, -0.2) is 23.7 Å². The van der Waals surface area contributed by atoms with E-state index in [0.29, 0.717) is 29.3 Å². The highest BCUT2D eigenvalue weighted by atomic mass is 19.3. The number of halogens is 2. The van der Waals surface area contributed by atoms with Gasteiger partial charge in [0.05, 0.1) is 6.61 Å². The lowest BCUT2D eigenvalue weighted by molar-refractivity contribution is 0.140. The van der Waals surface area contributed by atoms with Crippen LogP contribution in [0.1, 0.15) is 24.7 Å². The second kappa shape index (κ2) is 8.70.